The molecule has 230 valence electrons. The van der Waals surface area contributed by atoms with Gasteiger partial charge in [0.1, 0.15) is 0 Å². The van der Waals surface area contributed by atoms with E-state index < -0.39 is 28.3 Å². The van der Waals surface area contributed by atoms with Crippen LogP contribution in [0.1, 0.15) is 69.6 Å². The van der Waals surface area contributed by atoms with Crippen molar-refractivity contribution in [1.82, 2.24) is 10.2 Å². The van der Waals surface area contributed by atoms with Crippen LogP contribution in [0, 0.1) is 10.1 Å². The molecule has 3 aromatic rings. The summed E-state index contributed by atoms with van der Waals surface area (Å²) in [5, 5.41) is 35.9. The third-order valence-corrected chi connectivity index (χ3v) is 8.83. The highest BCUT2D eigenvalue weighted by molar-refractivity contribution is 5.98. The highest BCUT2D eigenvalue weighted by Gasteiger charge is 2.45. The minimum Gasteiger partial charge on any atom is -0.478 e. The Bertz CT molecular complexity index is 1520. The fourth-order valence-electron chi connectivity index (χ4n) is 6.41. The normalized spacial score (nSPS) is 15.1. The van der Waals surface area contributed by atoms with Crippen molar-refractivity contribution in [2.45, 2.75) is 64.5 Å². The molecule has 1 unspecified atom stereocenters. The van der Waals surface area contributed by atoms with E-state index in [9.17, 15) is 29.9 Å². The highest BCUT2D eigenvalue weighted by Crippen LogP contribution is 2.45. The van der Waals surface area contributed by atoms with Crippen LogP contribution in [0.5, 0.6) is 0 Å². The molecule has 44 heavy (non-hydrogen) atoms. The third-order valence-electron chi connectivity index (χ3n) is 8.83. The molecule has 3 N–H and O–H groups in total. The molecule has 0 amide bonds. The first-order chi connectivity index (χ1) is 20.9. The molecule has 0 bridgehead atoms. The average Bonchev–Trinajstić information content (AvgIpc) is 2.99. The van der Waals surface area contributed by atoms with E-state index >= 15 is 0 Å². The quantitative estimate of drug-likeness (QED) is 0.155. The first-order valence-electron chi connectivity index (χ1n) is 14.6. The van der Waals surface area contributed by atoms with Gasteiger partial charge in [0, 0.05) is 35.5 Å². The smallest absolute Gasteiger partial charge is 0.334 e. The van der Waals surface area contributed by atoms with Gasteiger partial charge >= 0.3 is 11.9 Å². The Morgan fingerprint density at radius 1 is 0.886 bits per heavy atom. The number of rotatable bonds is 12. The predicted molar refractivity (Wildman–Crippen MR) is 169 cm³/mol. The molecule has 0 saturated carbocycles. The van der Waals surface area contributed by atoms with Crippen LogP contribution in [0.15, 0.2) is 107 Å². The maximum atomic E-state index is 12.8. The van der Waals surface area contributed by atoms with Gasteiger partial charge < -0.3 is 20.4 Å². The lowest BCUT2D eigenvalue weighted by Crippen LogP contribution is -2.57. The van der Waals surface area contributed by atoms with Crippen LogP contribution in [0.2, 0.25) is 0 Å². The molecule has 1 atom stereocenters. The van der Waals surface area contributed by atoms with Gasteiger partial charge in [-0.15, -0.1) is 0 Å². The van der Waals surface area contributed by atoms with Crippen LogP contribution in [0.3, 0.4) is 0 Å². The average molecular weight is 598 g/mol. The topological polar surface area (TPSA) is 133 Å². The van der Waals surface area contributed by atoms with Crippen molar-refractivity contribution in [3.05, 3.63) is 134 Å². The van der Waals surface area contributed by atoms with Crippen molar-refractivity contribution in [2.75, 3.05) is 6.54 Å². The maximum Gasteiger partial charge on any atom is 0.334 e. The van der Waals surface area contributed by atoms with Gasteiger partial charge in [0.05, 0.1) is 27.5 Å². The summed E-state index contributed by atoms with van der Waals surface area (Å²) in [6.45, 7) is 9.92. The molecule has 1 heterocycles. The van der Waals surface area contributed by atoms with Crippen LogP contribution in [0.4, 0.5) is 5.69 Å². The Labute approximate surface area is 257 Å². The van der Waals surface area contributed by atoms with E-state index in [1.807, 2.05) is 57.2 Å². The highest BCUT2D eigenvalue weighted by atomic mass is 16.6. The maximum absolute atomic E-state index is 12.8. The van der Waals surface area contributed by atoms with Crippen molar-refractivity contribution in [3.8, 4) is 0 Å². The molecule has 0 fully saturated rings. The van der Waals surface area contributed by atoms with Crippen LogP contribution < -0.4 is 5.32 Å². The number of hydrogen-bond donors (Lipinski definition) is 3. The number of carboxylic acids is 2. The number of hydrogen-bond acceptors (Lipinski definition) is 6. The van der Waals surface area contributed by atoms with Crippen molar-refractivity contribution < 1.29 is 24.7 Å². The van der Waals surface area contributed by atoms with Crippen molar-refractivity contribution >= 4 is 17.6 Å². The number of non-ortho nitro benzene ring substituents is 1. The van der Waals surface area contributed by atoms with Gasteiger partial charge in [0.15, 0.2) is 0 Å². The molecule has 0 radical (unpaired) electrons. The number of allylic oxidation sites excluding steroid dienone is 2. The minimum atomic E-state index is -1.28. The van der Waals surface area contributed by atoms with E-state index in [0.717, 1.165) is 6.42 Å². The molecule has 1 aliphatic rings. The Kier molecular flexibility index (Phi) is 9.69. The fraction of sp³-hybridized carbons (Fsp3) is 0.314. The molecule has 3 aromatic carbocycles. The second-order valence-corrected chi connectivity index (χ2v) is 11.7. The molecule has 0 spiro atoms. The van der Waals surface area contributed by atoms with Crippen molar-refractivity contribution in [3.63, 3.8) is 0 Å². The van der Waals surface area contributed by atoms with E-state index in [1.165, 1.54) is 35.4 Å². The van der Waals surface area contributed by atoms with Gasteiger partial charge in [0.25, 0.3) is 5.69 Å². The van der Waals surface area contributed by atoms with Crippen LogP contribution in [0.25, 0.3) is 0 Å². The second kappa shape index (κ2) is 13.3. The summed E-state index contributed by atoms with van der Waals surface area (Å²) in [5.74, 6) is -3.57. The number of nitrogens with one attached hydrogen (secondary N) is 1. The molecule has 9 heteroatoms. The summed E-state index contributed by atoms with van der Waals surface area (Å²) in [7, 11) is 0. The lowest BCUT2D eigenvalue weighted by atomic mass is 9.77. The fourth-order valence-corrected chi connectivity index (χ4v) is 6.41. The van der Waals surface area contributed by atoms with Gasteiger partial charge in [-0.25, -0.2) is 9.59 Å². The summed E-state index contributed by atoms with van der Waals surface area (Å²) in [5.41, 5.74) is 2.21. The lowest BCUT2D eigenvalue weighted by molar-refractivity contribution is -0.384. The van der Waals surface area contributed by atoms with Crippen molar-refractivity contribution in [1.29, 1.82) is 0 Å². The first kappa shape index (κ1) is 32.2. The molecule has 0 saturated heterocycles. The van der Waals surface area contributed by atoms with E-state index in [2.05, 4.69) is 29.6 Å². The van der Waals surface area contributed by atoms with Gasteiger partial charge in [-0.3, -0.25) is 10.1 Å². The number of nitro benzene ring substituents is 1. The Hall–Kier alpha value is -4.76. The largest absolute Gasteiger partial charge is 0.478 e. The van der Waals surface area contributed by atoms with E-state index in [0.29, 0.717) is 17.9 Å². The zero-order valence-corrected chi connectivity index (χ0v) is 25.7. The van der Waals surface area contributed by atoms with Crippen LogP contribution >= 0.6 is 0 Å². The molecular formula is C35H39N3O6. The van der Waals surface area contributed by atoms with E-state index in [4.69, 9.17) is 0 Å². The Balaban J connectivity index is 1.66. The summed E-state index contributed by atoms with van der Waals surface area (Å²) in [4.78, 5) is 38.2. The SMILES string of the molecule is CC1=C(C(=O)O)C(c2cccc([N+](=O)[O-])c2)C(C(=O)O)=C(C)N1C(C)(C)C(C)NCCC(c1ccccc1)c1ccccc1. The molecule has 1 aliphatic heterocycles. The minimum absolute atomic E-state index is 0.123. The van der Waals surface area contributed by atoms with Gasteiger partial charge in [0.2, 0.25) is 0 Å². The predicted octanol–water partition coefficient (Wildman–Crippen LogP) is 6.69. The third kappa shape index (κ3) is 6.43. The Morgan fingerprint density at radius 2 is 1.39 bits per heavy atom. The zero-order valence-electron chi connectivity index (χ0n) is 25.7. The molecular weight excluding hydrogens is 558 g/mol. The number of nitrogens with zero attached hydrogens (tertiary/aromatic N) is 2. The van der Waals surface area contributed by atoms with Gasteiger partial charge in [-0.05, 0) is 64.3 Å². The van der Waals surface area contributed by atoms with Crippen molar-refractivity contribution in [2.24, 2.45) is 0 Å². The molecule has 0 aliphatic carbocycles. The van der Waals surface area contributed by atoms with Crippen LogP contribution in [-0.2, 0) is 9.59 Å². The number of benzene rings is 3. The standard InChI is InChI=1S/C35H39N3O6/c1-22-30(33(39)40)32(27-17-12-18-28(21-27)38(43)44)31(34(41)42)23(2)37(22)35(4,5)24(3)36-20-19-29(25-13-8-6-9-14-25)26-15-10-7-11-16-26/h6-18,21,24,29,32,36H,19-20H2,1-5H3,(H,39,40)(H,41,42). The molecule has 4 rings (SSSR count). The molecule has 0 aromatic heterocycles. The number of aliphatic carboxylic acids is 2. The zero-order chi connectivity index (χ0) is 32.2. The number of carbonyl (C=O) groups is 2. The van der Waals surface area contributed by atoms with Crippen LogP contribution in [-0.4, -0.2) is 50.1 Å². The first-order valence-corrected chi connectivity index (χ1v) is 14.6. The second-order valence-electron chi connectivity index (χ2n) is 11.7. The Morgan fingerprint density at radius 3 is 1.84 bits per heavy atom. The summed E-state index contributed by atoms with van der Waals surface area (Å²) in [6, 6.07) is 26.0. The summed E-state index contributed by atoms with van der Waals surface area (Å²) < 4.78 is 0. The molecule has 9 nitrogen and oxygen atoms in total. The summed E-state index contributed by atoms with van der Waals surface area (Å²) >= 11 is 0. The van der Waals surface area contributed by atoms with E-state index in [-0.39, 0.29) is 34.4 Å². The lowest BCUT2D eigenvalue weighted by Gasteiger charge is -2.49. The van der Waals surface area contributed by atoms with Gasteiger partial charge in [-0.2, -0.15) is 0 Å². The monoisotopic (exact) mass is 597 g/mol. The number of nitro groups is 1. The van der Waals surface area contributed by atoms with Gasteiger partial charge in [-0.1, -0.05) is 72.8 Å². The summed E-state index contributed by atoms with van der Waals surface area (Å²) in [6.07, 6.45) is 0.813. The number of carboxylic acid groups (broad SMARTS) is 2. The van der Waals surface area contributed by atoms with E-state index in [1.54, 1.807) is 18.7 Å².